The van der Waals surface area contributed by atoms with Gasteiger partial charge in [0.05, 0.1) is 6.42 Å². The van der Waals surface area contributed by atoms with Gasteiger partial charge in [0, 0.05) is 5.56 Å². The molecule has 7 nitrogen and oxygen atoms in total. The minimum Gasteiger partial charge on any atom is -0.456 e. The third-order valence-electron chi connectivity index (χ3n) is 3.70. The second-order valence-electron chi connectivity index (χ2n) is 5.59. The summed E-state index contributed by atoms with van der Waals surface area (Å²) in [5.41, 5.74) is 1.20. The number of Topliss-reactive ketones (excluding diaryl/α,β-unsaturated/α-hetero) is 1. The molecular formula is C19H17NO6. The molecule has 1 amide bonds. The number of hydrogen-bond acceptors (Lipinski definition) is 6. The highest BCUT2D eigenvalue weighted by Gasteiger charge is 2.17. The van der Waals surface area contributed by atoms with Gasteiger partial charge in [-0.25, -0.2) is 0 Å². The molecule has 0 unspecified atom stereocenters. The van der Waals surface area contributed by atoms with Gasteiger partial charge in [0.25, 0.3) is 0 Å². The average molecular weight is 355 g/mol. The molecule has 26 heavy (non-hydrogen) atoms. The second kappa shape index (κ2) is 8.15. The van der Waals surface area contributed by atoms with E-state index in [1.165, 1.54) is 0 Å². The maximum absolute atomic E-state index is 12.1. The Morgan fingerprint density at radius 3 is 2.58 bits per heavy atom. The van der Waals surface area contributed by atoms with Crippen LogP contribution in [0.2, 0.25) is 0 Å². The summed E-state index contributed by atoms with van der Waals surface area (Å²) in [6, 6.07) is 13.9. The third kappa shape index (κ3) is 4.60. The fraction of sp³-hybridized carbons (Fsp3) is 0.211. The SMILES string of the molecule is O=C(Cc1ccccc1)NCC(=O)OCC(=O)c1ccc2c(c1)OCO2. The summed E-state index contributed by atoms with van der Waals surface area (Å²) in [5.74, 6) is -0.293. The Balaban J connectivity index is 1.41. The van der Waals surface area contributed by atoms with Crippen LogP contribution >= 0.6 is 0 Å². The number of esters is 1. The van der Waals surface area contributed by atoms with Crippen LogP contribution in [-0.2, 0) is 20.7 Å². The zero-order valence-electron chi connectivity index (χ0n) is 13.9. The normalized spacial score (nSPS) is 11.7. The molecule has 7 heteroatoms. The van der Waals surface area contributed by atoms with E-state index in [2.05, 4.69) is 5.32 Å². The maximum Gasteiger partial charge on any atom is 0.325 e. The van der Waals surface area contributed by atoms with Gasteiger partial charge < -0.3 is 19.5 Å². The third-order valence-corrected chi connectivity index (χ3v) is 3.70. The predicted octanol–water partition coefficient (Wildman–Crippen LogP) is 1.50. The van der Waals surface area contributed by atoms with E-state index in [9.17, 15) is 14.4 Å². The lowest BCUT2D eigenvalue weighted by molar-refractivity contribution is -0.142. The van der Waals surface area contributed by atoms with Gasteiger partial charge in [-0.15, -0.1) is 0 Å². The number of ketones is 1. The number of amides is 1. The Morgan fingerprint density at radius 2 is 1.77 bits per heavy atom. The summed E-state index contributed by atoms with van der Waals surface area (Å²) in [4.78, 5) is 35.5. The maximum atomic E-state index is 12.1. The van der Waals surface area contributed by atoms with Crippen LogP contribution in [0.1, 0.15) is 15.9 Å². The molecule has 0 bridgehead atoms. The van der Waals surface area contributed by atoms with Crippen molar-refractivity contribution in [2.45, 2.75) is 6.42 Å². The summed E-state index contributed by atoms with van der Waals surface area (Å²) in [5, 5.41) is 2.47. The minimum atomic E-state index is -0.680. The van der Waals surface area contributed by atoms with Gasteiger partial charge in [-0.1, -0.05) is 30.3 Å². The van der Waals surface area contributed by atoms with Crippen LogP contribution in [0.15, 0.2) is 48.5 Å². The Hall–Kier alpha value is -3.35. The van der Waals surface area contributed by atoms with Crippen molar-refractivity contribution in [3.63, 3.8) is 0 Å². The molecule has 0 fully saturated rings. The zero-order chi connectivity index (χ0) is 18.4. The molecule has 0 aromatic heterocycles. The van der Waals surface area contributed by atoms with Gasteiger partial charge in [0.2, 0.25) is 12.7 Å². The van der Waals surface area contributed by atoms with Crippen molar-refractivity contribution in [2.24, 2.45) is 0 Å². The van der Waals surface area contributed by atoms with E-state index in [1.807, 2.05) is 30.3 Å². The van der Waals surface area contributed by atoms with Crippen LogP contribution in [-0.4, -0.2) is 37.6 Å². The van der Waals surface area contributed by atoms with Gasteiger partial charge in [0.1, 0.15) is 6.54 Å². The van der Waals surface area contributed by atoms with E-state index < -0.39 is 12.6 Å². The standard InChI is InChI=1S/C19H17NO6/c21-15(14-6-7-16-17(9-14)26-12-25-16)11-24-19(23)10-20-18(22)8-13-4-2-1-3-5-13/h1-7,9H,8,10-12H2,(H,20,22). The first-order chi connectivity index (χ1) is 12.6. The molecule has 0 spiro atoms. The molecule has 0 saturated carbocycles. The van der Waals surface area contributed by atoms with Crippen molar-refractivity contribution in [2.75, 3.05) is 19.9 Å². The highest BCUT2D eigenvalue weighted by atomic mass is 16.7. The first-order valence-corrected chi connectivity index (χ1v) is 8.01. The monoisotopic (exact) mass is 355 g/mol. The summed E-state index contributed by atoms with van der Waals surface area (Å²) in [6.07, 6.45) is 0.171. The Morgan fingerprint density at radius 1 is 1.00 bits per heavy atom. The number of hydrogen-bond donors (Lipinski definition) is 1. The van der Waals surface area contributed by atoms with Crippen LogP contribution in [0.3, 0.4) is 0 Å². The molecular weight excluding hydrogens is 338 g/mol. The molecule has 0 aliphatic carbocycles. The molecule has 0 atom stereocenters. The van der Waals surface area contributed by atoms with Crippen molar-refractivity contribution in [1.82, 2.24) is 5.32 Å². The van der Waals surface area contributed by atoms with E-state index in [4.69, 9.17) is 14.2 Å². The lowest BCUT2D eigenvalue weighted by Crippen LogP contribution is -2.32. The number of rotatable bonds is 7. The number of carbonyl (C=O) groups excluding carboxylic acids is 3. The minimum absolute atomic E-state index is 0.116. The molecule has 1 N–H and O–H groups in total. The number of ether oxygens (including phenoxy) is 3. The van der Waals surface area contributed by atoms with E-state index >= 15 is 0 Å². The van der Waals surface area contributed by atoms with Gasteiger partial charge >= 0.3 is 5.97 Å². The van der Waals surface area contributed by atoms with Crippen LogP contribution < -0.4 is 14.8 Å². The molecule has 0 saturated heterocycles. The summed E-state index contributed by atoms with van der Waals surface area (Å²) >= 11 is 0. The summed E-state index contributed by atoms with van der Waals surface area (Å²) in [7, 11) is 0. The van der Waals surface area contributed by atoms with Crippen molar-refractivity contribution in [3.05, 3.63) is 59.7 Å². The fourth-order valence-electron chi connectivity index (χ4n) is 2.36. The highest BCUT2D eigenvalue weighted by Crippen LogP contribution is 2.32. The summed E-state index contributed by atoms with van der Waals surface area (Å²) < 4.78 is 15.3. The smallest absolute Gasteiger partial charge is 0.325 e. The molecule has 2 aromatic carbocycles. The van der Waals surface area contributed by atoms with E-state index in [-0.39, 0.29) is 31.4 Å². The Bertz CT molecular complexity index is 818. The lowest BCUT2D eigenvalue weighted by atomic mass is 10.1. The van der Waals surface area contributed by atoms with Gasteiger partial charge in [-0.2, -0.15) is 0 Å². The zero-order valence-corrected chi connectivity index (χ0v) is 13.9. The Kier molecular flexibility index (Phi) is 5.48. The first-order valence-electron chi connectivity index (χ1n) is 8.01. The number of fused-ring (bicyclic) bond motifs is 1. The van der Waals surface area contributed by atoms with Crippen molar-refractivity contribution < 1.29 is 28.6 Å². The topological polar surface area (TPSA) is 90.9 Å². The molecule has 1 heterocycles. The summed E-state index contributed by atoms with van der Waals surface area (Å²) in [6.45, 7) is -0.586. The van der Waals surface area contributed by atoms with Crippen molar-refractivity contribution in [1.29, 1.82) is 0 Å². The molecule has 1 aliphatic heterocycles. The molecule has 2 aromatic rings. The largest absolute Gasteiger partial charge is 0.456 e. The van der Waals surface area contributed by atoms with Crippen molar-refractivity contribution in [3.8, 4) is 11.5 Å². The van der Waals surface area contributed by atoms with E-state index in [0.717, 1.165) is 5.56 Å². The van der Waals surface area contributed by atoms with Crippen molar-refractivity contribution >= 4 is 17.7 Å². The number of benzene rings is 2. The predicted molar refractivity (Wildman–Crippen MR) is 91.0 cm³/mol. The van der Waals surface area contributed by atoms with Crippen LogP contribution in [0.5, 0.6) is 11.5 Å². The molecule has 134 valence electrons. The van der Waals surface area contributed by atoms with Gasteiger partial charge in [-0.3, -0.25) is 14.4 Å². The van der Waals surface area contributed by atoms with E-state index in [0.29, 0.717) is 17.1 Å². The van der Waals surface area contributed by atoms with Crippen LogP contribution in [0.25, 0.3) is 0 Å². The Labute approximate surface area is 149 Å². The van der Waals surface area contributed by atoms with Crippen LogP contribution in [0.4, 0.5) is 0 Å². The second-order valence-corrected chi connectivity index (χ2v) is 5.59. The number of nitrogens with one attached hydrogen (secondary N) is 1. The highest BCUT2D eigenvalue weighted by molar-refractivity contribution is 5.98. The lowest BCUT2D eigenvalue weighted by Gasteiger charge is -2.07. The van der Waals surface area contributed by atoms with E-state index in [1.54, 1.807) is 18.2 Å². The molecule has 0 radical (unpaired) electrons. The first kappa shape index (κ1) is 17.5. The average Bonchev–Trinajstić information content (AvgIpc) is 3.13. The van der Waals surface area contributed by atoms with Gasteiger partial charge in [-0.05, 0) is 23.8 Å². The fourth-order valence-corrected chi connectivity index (χ4v) is 2.36. The van der Waals surface area contributed by atoms with Crippen LogP contribution in [0, 0.1) is 0 Å². The molecule has 1 aliphatic rings. The van der Waals surface area contributed by atoms with Gasteiger partial charge in [0.15, 0.2) is 23.9 Å². The number of carbonyl (C=O) groups is 3. The molecule has 3 rings (SSSR count). The quantitative estimate of drug-likeness (QED) is 0.598.